The van der Waals surface area contributed by atoms with Crippen molar-refractivity contribution in [2.45, 2.75) is 18.9 Å². The zero-order valence-electron chi connectivity index (χ0n) is 11.5. The molecule has 2 rings (SSSR count). The van der Waals surface area contributed by atoms with Crippen LogP contribution in [0.25, 0.3) is 0 Å². The van der Waals surface area contributed by atoms with Crippen molar-refractivity contribution in [3.8, 4) is 0 Å². The van der Waals surface area contributed by atoms with Crippen molar-refractivity contribution < 1.29 is 9.53 Å². The third-order valence-electron chi connectivity index (χ3n) is 3.03. The predicted octanol–water partition coefficient (Wildman–Crippen LogP) is 2.28. The van der Waals surface area contributed by atoms with Gasteiger partial charge in [-0.15, -0.1) is 0 Å². The van der Waals surface area contributed by atoms with Crippen molar-refractivity contribution in [2.24, 2.45) is 0 Å². The van der Waals surface area contributed by atoms with E-state index >= 15 is 0 Å². The Labute approximate surface area is 133 Å². The SMILES string of the molecule is O=C(NCCNc1ncc(Cl)cc1Cl)NC[C@@H]1CCCO1. The van der Waals surface area contributed by atoms with E-state index in [-0.39, 0.29) is 12.1 Å². The van der Waals surface area contributed by atoms with Gasteiger partial charge in [-0.05, 0) is 18.9 Å². The zero-order chi connectivity index (χ0) is 15.1. The minimum atomic E-state index is -0.206. The summed E-state index contributed by atoms with van der Waals surface area (Å²) in [4.78, 5) is 15.6. The minimum Gasteiger partial charge on any atom is -0.376 e. The number of rotatable bonds is 6. The molecule has 1 atom stereocenters. The summed E-state index contributed by atoms with van der Waals surface area (Å²) >= 11 is 11.7. The number of anilines is 1. The lowest BCUT2D eigenvalue weighted by atomic mass is 10.2. The average Bonchev–Trinajstić information content (AvgIpc) is 2.96. The van der Waals surface area contributed by atoms with E-state index in [1.165, 1.54) is 6.20 Å². The first-order valence-corrected chi connectivity index (χ1v) is 7.59. The summed E-state index contributed by atoms with van der Waals surface area (Å²) in [6.07, 6.45) is 3.72. The maximum Gasteiger partial charge on any atom is 0.314 e. The van der Waals surface area contributed by atoms with Crippen molar-refractivity contribution in [1.82, 2.24) is 15.6 Å². The van der Waals surface area contributed by atoms with Crippen molar-refractivity contribution in [2.75, 3.05) is 31.6 Å². The van der Waals surface area contributed by atoms with Gasteiger partial charge in [-0.3, -0.25) is 0 Å². The molecule has 2 amide bonds. The number of amides is 2. The third kappa shape index (κ3) is 5.57. The lowest BCUT2D eigenvalue weighted by Gasteiger charge is -2.12. The van der Waals surface area contributed by atoms with Crippen LogP contribution in [-0.4, -0.2) is 43.4 Å². The molecule has 1 saturated heterocycles. The lowest BCUT2D eigenvalue weighted by Crippen LogP contribution is -2.41. The molecule has 0 aliphatic carbocycles. The summed E-state index contributed by atoms with van der Waals surface area (Å²) < 4.78 is 5.42. The van der Waals surface area contributed by atoms with Crippen LogP contribution in [0.1, 0.15) is 12.8 Å². The van der Waals surface area contributed by atoms with Crippen molar-refractivity contribution in [3.05, 3.63) is 22.3 Å². The van der Waals surface area contributed by atoms with Gasteiger partial charge in [0, 0.05) is 32.4 Å². The fourth-order valence-corrected chi connectivity index (χ4v) is 2.42. The highest BCUT2D eigenvalue weighted by Gasteiger charge is 2.15. The largest absolute Gasteiger partial charge is 0.376 e. The molecule has 6 nitrogen and oxygen atoms in total. The summed E-state index contributed by atoms with van der Waals surface area (Å²) in [6, 6.07) is 1.41. The predicted molar refractivity (Wildman–Crippen MR) is 83.1 cm³/mol. The van der Waals surface area contributed by atoms with Gasteiger partial charge >= 0.3 is 6.03 Å². The summed E-state index contributed by atoms with van der Waals surface area (Å²) in [5.74, 6) is 0.544. The van der Waals surface area contributed by atoms with Crippen LogP contribution in [0.3, 0.4) is 0 Å². The van der Waals surface area contributed by atoms with Crippen LogP contribution in [0.4, 0.5) is 10.6 Å². The number of carbonyl (C=O) groups is 1. The fourth-order valence-electron chi connectivity index (χ4n) is 1.98. The molecule has 21 heavy (non-hydrogen) atoms. The van der Waals surface area contributed by atoms with Crippen molar-refractivity contribution in [1.29, 1.82) is 0 Å². The molecule has 1 aliphatic heterocycles. The molecule has 0 unspecified atom stereocenters. The Hall–Kier alpha value is -1.24. The number of nitrogens with one attached hydrogen (secondary N) is 3. The van der Waals surface area contributed by atoms with E-state index in [2.05, 4.69) is 20.9 Å². The second-order valence-electron chi connectivity index (χ2n) is 4.68. The molecular formula is C13H18Cl2N4O2. The number of hydrogen-bond acceptors (Lipinski definition) is 4. The maximum atomic E-state index is 11.6. The number of aromatic nitrogens is 1. The molecule has 0 aromatic carbocycles. The molecule has 1 aliphatic rings. The number of pyridine rings is 1. The molecule has 2 heterocycles. The lowest BCUT2D eigenvalue weighted by molar-refractivity contribution is 0.111. The van der Waals surface area contributed by atoms with Gasteiger partial charge in [-0.25, -0.2) is 9.78 Å². The van der Waals surface area contributed by atoms with E-state index in [1.54, 1.807) is 6.07 Å². The van der Waals surface area contributed by atoms with Gasteiger partial charge in [-0.2, -0.15) is 0 Å². The number of nitrogens with zero attached hydrogens (tertiary/aromatic N) is 1. The first-order valence-electron chi connectivity index (χ1n) is 6.83. The number of carbonyl (C=O) groups excluding carboxylic acids is 1. The third-order valence-corrected chi connectivity index (χ3v) is 3.52. The van der Waals surface area contributed by atoms with Gasteiger partial charge < -0.3 is 20.7 Å². The Morgan fingerprint density at radius 2 is 2.24 bits per heavy atom. The van der Waals surface area contributed by atoms with Crippen LogP contribution in [0.2, 0.25) is 10.0 Å². The Balaban J connectivity index is 1.59. The highest BCUT2D eigenvalue weighted by Crippen LogP contribution is 2.21. The summed E-state index contributed by atoms with van der Waals surface area (Å²) in [5.41, 5.74) is 0. The molecule has 1 aromatic heterocycles. The van der Waals surface area contributed by atoms with E-state index in [4.69, 9.17) is 27.9 Å². The Kier molecular flexibility index (Phi) is 6.35. The fraction of sp³-hybridized carbons (Fsp3) is 0.538. The molecule has 116 valence electrons. The molecule has 0 bridgehead atoms. The molecule has 8 heteroatoms. The molecule has 0 spiro atoms. The van der Waals surface area contributed by atoms with Crippen LogP contribution in [-0.2, 0) is 4.74 Å². The Morgan fingerprint density at radius 1 is 1.38 bits per heavy atom. The van der Waals surface area contributed by atoms with Crippen LogP contribution in [0.5, 0.6) is 0 Å². The number of ether oxygens (including phenoxy) is 1. The molecule has 1 aromatic rings. The van der Waals surface area contributed by atoms with Crippen LogP contribution < -0.4 is 16.0 Å². The van der Waals surface area contributed by atoms with Gasteiger partial charge in [0.25, 0.3) is 0 Å². The van der Waals surface area contributed by atoms with Crippen LogP contribution >= 0.6 is 23.2 Å². The first-order chi connectivity index (χ1) is 10.1. The summed E-state index contributed by atoms with van der Waals surface area (Å²) in [6.45, 7) is 2.30. The summed E-state index contributed by atoms with van der Waals surface area (Å²) in [7, 11) is 0. The first kappa shape index (κ1) is 16.1. The molecular weight excluding hydrogens is 315 g/mol. The standard InChI is InChI=1S/C13H18Cl2N4O2/c14-9-6-11(15)12(18-7-9)16-3-4-17-13(20)19-8-10-2-1-5-21-10/h6-7,10H,1-5,8H2,(H,16,18)(H2,17,19,20)/t10-/m0/s1. The van der Waals surface area contributed by atoms with Gasteiger partial charge in [0.05, 0.1) is 16.1 Å². The quantitative estimate of drug-likeness (QED) is 0.698. The topological polar surface area (TPSA) is 75.3 Å². The second kappa shape index (κ2) is 8.26. The van der Waals surface area contributed by atoms with Crippen molar-refractivity contribution in [3.63, 3.8) is 0 Å². The van der Waals surface area contributed by atoms with Crippen molar-refractivity contribution >= 4 is 35.1 Å². The minimum absolute atomic E-state index is 0.144. The Bertz CT molecular complexity index is 481. The molecule has 1 fully saturated rings. The van der Waals surface area contributed by atoms with E-state index < -0.39 is 0 Å². The normalized spacial score (nSPS) is 17.5. The molecule has 0 saturated carbocycles. The molecule has 0 radical (unpaired) electrons. The van der Waals surface area contributed by atoms with Gasteiger partial charge in [0.1, 0.15) is 5.82 Å². The van der Waals surface area contributed by atoms with Gasteiger partial charge in [-0.1, -0.05) is 23.2 Å². The van der Waals surface area contributed by atoms with Gasteiger partial charge in [0.2, 0.25) is 0 Å². The average molecular weight is 333 g/mol. The highest BCUT2D eigenvalue weighted by atomic mass is 35.5. The van der Waals surface area contributed by atoms with E-state index in [0.717, 1.165) is 19.4 Å². The number of hydrogen-bond donors (Lipinski definition) is 3. The monoisotopic (exact) mass is 332 g/mol. The zero-order valence-corrected chi connectivity index (χ0v) is 13.0. The maximum absolute atomic E-state index is 11.6. The number of halogens is 2. The smallest absolute Gasteiger partial charge is 0.314 e. The second-order valence-corrected chi connectivity index (χ2v) is 5.53. The molecule has 3 N–H and O–H groups in total. The van der Waals surface area contributed by atoms with Crippen LogP contribution in [0, 0.1) is 0 Å². The van der Waals surface area contributed by atoms with E-state index in [0.29, 0.717) is 35.5 Å². The summed E-state index contributed by atoms with van der Waals surface area (Å²) in [5, 5.41) is 9.48. The van der Waals surface area contributed by atoms with Crippen LogP contribution in [0.15, 0.2) is 12.3 Å². The van der Waals surface area contributed by atoms with E-state index in [9.17, 15) is 4.79 Å². The highest BCUT2D eigenvalue weighted by molar-refractivity contribution is 6.35. The van der Waals surface area contributed by atoms with E-state index in [1.807, 2.05) is 0 Å². The Morgan fingerprint density at radius 3 is 2.95 bits per heavy atom. The number of urea groups is 1. The van der Waals surface area contributed by atoms with Gasteiger partial charge in [0.15, 0.2) is 0 Å².